The minimum atomic E-state index is -0.0868. The molecule has 1 atom stereocenters. The summed E-state index contributed by atoms with van der Waals surface area (Å²) >= 11 is 0. The number of imidazole rings is 1. The van der Waals surface area contributed by atoms with E-state index in [1.54, 1.807) is 0 Å². The topological polar surface area (TPSA) is 121 Å². The van der Waals surface area contributed by atoms with Crippen LogP contribution in [0.25, 0.3) is 16.9 Å². The van der Waals surface area contributed by atoms with Crippen molar-refractivity contribution in [2.75, 3.05) is 13.1 Å². The lowest BCUT2D eigenvalue weighted by molar-refractivity contribution is 0.0705. The molecule has 0 spiro atoms. The van der Waals surface area contributed by atoms with Gasteiger partial charge in [-0.25, -0.2) is 4.98 Å². The van der Waals surface area contributed by atoms with E-state index in [0.29, 0.717) is 24.5 Å². The minimum absolute atomic E-state index is 0.0868. The molecule has 142 valence electrons. The van der Waals surface area contributed by atoms with Gasteiger partial charge in [0.1, 0.15) is 17.7 Å². The molecule has 3 aromatic heterocycles. The second kappa shape index (κ2) is 6.55. The number of hydrogen-bond donors (Lipinski definition) is 2. The third kappa shape index (κ3) is 2.73. The molecule has 1 aliphatic rings. The van der Waals surface area contributed by atoms with Gasteiger partial charge in [-0.2, -0.15) is 9.78 Å². The van der Waals surface area contributed by atoms with Gasteiger partial charge in [-0.1, -0.05) is 12.1 Å². The SMILES string of the molecule is Cc1cccc2[nH]c([C@@H]3CCCN(C(=O)c4cn[nH]c4-n4cnnn4)C3)nc12. The maximum Gasteiger partial charge on any atom is 0.259 e. The summed E-state index contributed by atoms with van der Waals surface area (Å²) in [6, 6.07) is 6.12. The average Bonchev–Trinajstić information content (AvgIpc) is 3.47. The van der Waals surface area contributed by atoms with E-state index in [4.69, 9.17) is 4.98 Å². The zero-order chi connectivity index (χ0) is 19.1. The Balaban J connectivity index is 1.40. The standard InChI is InChI=1S/C18H19N9O/c1-11-4-2-6-14-15(11)22-16(21-14)12-5-3-7-26(9-12)18(28)13-8-19-23-17(13)27-10-20-24-25-27/h2,4,6,8,10,12H,3,5,7,9H2,1H3,(H,19,23)(H,21,22)/t12-/m1/s1. The summed E-state index contributed by atoms with van der Waals surface area (Å²) < 4.78 is 1.41. The van der Waals surface area contributed by atoms with E-state index in [1.807, 2.05) is 17.0 Å². The first kappa shape index (κ1) is 16.6. The van der Waals surface area contributed by atoms with Gasteiger partial charge in [-0.3, -0.25) is 9.89 Å². The van der Waals surface area contributed by atoms with E-state index >= 15 is 0 Å². The number of aromatic nitrogens is 8. The Hall–Kier alpha value is -3.56. The largest absolute Gasteiger partial charge is 0.342 e. The van der Waals surface area contributed by atoms with E-state index in [-0.39, 0.29) is 11.8 Å². The van der Waals surface area contributed by atoms with Gasteiger partial charge >= 0.3 is 0 Å². The Labute approximate surface area is 160 Å². The number of likely N-dealkylation sites (tertiary alicyclic amines) is 1. The van der Waals surface area contributed by atoms with Gasteiger partial charge in [-0.05, 0) is 41.8 Å². The number of aryl methyl sites for hydroxylation is 1. The van der Waals surface area contributed by atoms with Gasteiger partial charge in [0.2, 0.25) is 0 Å². The summed E-state index contributed by atoms with van der Waals surface area (Å²) in [5, 5.41) is 17.9. The van der Waals surface area contributed by atoms with E-state index in [2.05, 4.69) is 43.7 Å². The number of nitrogens with zero attached hydrogens (tertiary/aromatic N) is 7. The van der Waals surface area contributed by atoms with Crippen molar-refractivity contribution in [3.8, 4) is 5.82 Å². The van der Waals surface area contributed by atoms with Gasteiger partial charge in [0.05, 0.1) is 17.2 Å². The number of nitrogens with one attached hydrogen (secondary N) is 2. The first-order valence-corrected chi connectivity index (χ1v) is 9.22. The molecule has 0 radical (unpaired) electrons. The molecular formula is C18H19N9O. The molecule has 0 bridgehead atoms. The number of fused-ring (bicyclic) bond motifs is 1. The molecule has 1 amide bonds. The van der Waals surface area contributed by atoms with Crippen LogP contribution in [0.4, 0.5) is 0 Å². The van der Waals surface area contributed by atoms with Crippen molar-refractivity contribution >= 4 is 16.9 Å². The molecule has 1 fully saturated rings. The number of tetrazole rings is 1. The Morgan fingerprint density at radius 1 is 1.32 bits per heavy atom. The van der Waals surface area contributed by atoms with E-state index in [1.165, 1.54) is 17.2 Å². The Bertz CT molecular complexity index is 1130. The lowest BCUT2D eigenvalue weighted by atomic mass is 9.97. The first-order valence-electron chi connectivity index (χ1n) is 9.22. The third-order valence-corrected chi connectivity index (χ3v) is 5.26. The normalized spacial score (nSPS) is 17.3. The van der Waals surface area contributed by atoms with Gasteiger partial charge < -0.3 is 9.88 Å². The number of aromatic amines is 2. The van der Waals surface area contributed by atoms with Crippen LogP contribution in [0.3, 0.4) is 0 Å². The van der Waals surface area contributed by atoms with Gasteiger partial charge in [-0.15, -0.1) is 5.10 Å². The molecule has 0 aliphatic carbocycles. The predicted octanol–water partition coefficient (Wildman–Crippen LogP) is 1.59. The third-order valence-electron chi connectivity index (χ3n) is 5.26. The molecule has 1 saturated heterocycles. The van der Waals surface area contributed by atoms with Crippen LogP contribution in [0.1, 0.15) is 40.5 Å². The summed E-state index contributed by atoms with van der Waals surface area (Å²) in [5.74, 6) is 1.50. The zero-order valence-corrected chi connectivity index (χ0v) is 15.3. The van der Waals surface area contributed by atoms with E-state index in [0.717, 1.165) is 35.3 Å². The van der Waals surface area contributed by atoms with Crippen LogP contribution in [-0.4, -0.2) is 64.3 Å². The molecule has 1 aliphatic heterocycles. The summed E-state index contributed by atoms with van der Waals surface area (Å²) in [5.41, 5.74) is 3.63. The highest BCUT2D eigenvalue weighted by Crippen LogP contribution is 2.28. The number of H-pyrrole nitrogens is 2. The fraction of sp³-hybridized carbons (Fsp3) is 0.333. The number of benzene rings is 1. The monoisotopic (exact) mass is 377 g/mol. The Kier molecular flexibility index (Phi) is 3.89. The molecule has 0 unspecified atom stereocenters. The maximum absolute atomic E-state index is 13.1. The van der Waals surface area contributed by atoms with Crippen LogP contribution in [0.15, 0.2) is 30.7 Å². The Morgan fingerprint density at radius 3 is 3.07 bits per heavy atom. The lowest BCUT2D eigenvalue weighted by Crippen LogP contribution is -2.39. The van der Waals surface area contributed by atoms with Gasteiger partial charge in [0.25, 0.3) is 5.91 Å². The number of amides is 1. The van der Waals surface area contributed by atoms with E-state index < -0.39 is 0 Å². The molecule has 4 aromatic rings. The molecule has 2 N–H and O–H groups in total. The van der Waals surface area contributed by atoms with Crippen LogP contribution in [0, 0.1) is 6.92 Å². The molecular weight excluding hydrogens is 358 g/mol. The summed E-state index contributed by atoms with van der Waals surface area (Å²) in [4.78, 5) is 23.2. The van der Waals surface area contributed by atoms with Crippen molar-refractivity contribution in [3.63, 3.8) is 0 Å². The molecule has 4 heterocycles. The molecule has 10 nitrogen and oxygen atoms in total. The van der Waals surface area contributed by atoms with Crippen molar-refractivity contribution < 1.29 is 4.79 Å². The number of carbonyl (C=O) groups is 1. The van der Waals surface area contributed by atoms with Crippen molar-refractivity contribution in [1.82, 2.24) is 45.3 Å². The average molecular weight is 377 g/mol. The highest BCUT2D eigenvalue weighted by atomic mass is 16.2. The summed E-state index contributed by atoms with van der Waals surface area (Å²) in [6.45, 7) is 3.37. The van der Waals surface area contributed by atoms with Crippen LogP contribution in [0.5, 0.6) is 0 Å². The van der Waals surface area contributed by atoms with E-state index in [9.17, 15) is 4.79 Å². The first-order chi connectivity index (χ1) is 13.7. The smallest absolute Gasteiger partial charge is 0.259 e. The van der Waals surface area contributed by atoms with Crippen molar-refractivity contribution in [2.45, 2.75) is 25.7 Å². The van der Waals surface area contributed by atoms with Crippen LogP contribution >= 0.6 is 0 Å². The fourth-order valence-corrected chi connectivity index (χ4v) is 3.82. The second-order valence-electron chi connectivity index (χ2n) is 7.07. The highest BCUT2D eigenvalue weighted by molar-refractivity contribution is 5.97. The summed E-state index contributed by atoms with van der Waals surface area (Å²) in [6.07, 6.45) is 4.87. The summed E-state index contributed by atoms with van der Waals surface area (Å²) in [7, 11) is 0. The predicted molar refractivity (Wildman–Crippen MR) is 100 cm³/mol. The number of rotatable bonds is 3. The maximum atomic E-state index is 13.1. The van der Waals surface area contributed by atoms with Crippen LogP contribution < -0.4 is 0 Å². The molecule has 28 heavy (non-hydrogen) atoms. The second-order valence-corrected chi connectivity index (χ2v) is 7.07. The highest BCUT2D eigenvalue weighted by Gasteiger charge is 2.29. The number of hydrogen-bond acceptors (Lipinski definition) is 6. The lowest BCUT2D eigenvalue weighted by Gasteiger charge is -2.31. The fourth-order valence-electron chi connectivity index (χ4n) is 3.82. The van der Waals surface area contributed by atoms with Gasteiger partial charge in [0.15, 0.2) is 5.82 Å². The zero-order valence-electron chi connectivity index (χ0n) is 15.3. The van der Waals surface area contributed by atoms with Crippen molar-refractivity contribution in [2.24, 2.45) is 0 Å². The van der Waals surface area contributed by atoms with Crippen molar-refractivity contribution in [3.05, 3.63) is 47.7 Å². The molecule has 0 saturated carbocycles. The van der Waals surface area contributed by atoms with Crippen molar-refractivity contribution in [1.29, 1.82) is 0 Å². The quantitative estimate of drug-likeness (QED) is 0.559. The minimum Gasteiger partial charge on any atom is -0.342 e. The van der Waals surface area contributed by atoms with Crippen LogP contribution in [0.2, 0.25) is 0 Å². The van der Waals surface area contributed by atoms with Crippen LogP contribution in [-0.2, 0) is 0 Å². The molecule has 10 heteroatoms. The molecule has 1 aromatic carbocycles. The number of carbonyl (C=O) groups excluding carboxylic acids is 1. The molecule has 5 rings (SSSR count). The number of para-hydroxylation sites is 1. The van der Waals surface area contributed by atoms with Gasteiger partial charge in [0, 0.05) is 19.0 Å². The Morgan fingerprint density at radius 2 is 2.25 bits per heavy atom. The number of piperidine rings is 1.